The lowest BCUT2D eigenvalue weighted by atomic mass is 10.3. The summed E-state index contributed by atoms with van der Waals surface area (Å²) in [5.74, 6) is 0.894. The minimum absolute atomic E-state index is 0.108. The van der Waals surface area contributed by atoms with Gasteiger partial charge in [-0.3, -0.25) is 9.48 Å². The smallest absolute Gasteiger partial charge is 0.234 e. The van der Waals surface area contributed by atoms with E-state index in [2.05, 4.69) is 20.6 Å². The fraction of sp³-hybridized carbons (Fsp3) is 0.294. The molecule has 1 amide bonds. The second-order valence-electron chi connectivity index (χ2n) is 5.48. The number of hydrogen-bond acceptors (Lipinski definition) is 5. The summed E-state index contributed by atoms with van der Waals surface area (Å²) in [4.78, 5) is 12.2. The molecule has 26 heavy (non-hydrogen) atoms. The number of carbonyl (C=O) groups excluding carboxylic acids is 1. The monoisotopic (exact) mass is 390 g/mol. The van der Waals surface area contributed by atoms with Gasteiger partial charge in [-0.05, 0) is 38.1 Å². The Hall–Kier alpha value is -2.32. The van der Waals surface area contributed by atoms with Crippen molar-refractivity contribution in [3.8, 4) is 11.4 Å². The van der Waals surface area contributed by atoms with E-state index in [1.165, 1.54) is 11.8 Å². The summed E-state index contributed by atoms with van der Waals surface area (Å²) in [5, 5.41) is 17.0. The van der Waals surface area contributed by atoms with Crippen LogP contribution in [0.1, 0.15) is 13.8 Å². The van der Waals surface area contributed by atoms with Gasteiger partial charge in [-0.15, -0.1) is 10.2 Å². The Kier molecular flexibility index (Phi) is 5.95. The summed E-state index contributed by atoms with van der Waals surface area (Å²) >= 11 is 7.20. The van der Waals surface area contributed by atoms with Gasteiger partial charge < -0.3 is 9.88 Å². The maximum absolute atomic E-state index is 12.2. The van der Waals surface area contributed by atoms with Crippen LogP contribution in [0.4, 0.5) is 5.69 Å². The highest BCUT2D eigenvalue weighted by Crippen LogP contribution is 2.24. The van der Waals surface area contributed by atoms with Gasteiger partial charge in [-0.1, -0.05) is 23.4 Å². The first-order chi connectivity index (χ1) is 12.6. The van der Waals surface area contributed by atoms with Gasteiger partial charge in [-0.25, -0.2) is 0 Å². The molecular formula is C17H19ClN6OS. The molecule has 7 nitrogen and oxygen atoms in total. The molecule has 1 N–H and O–H groups in total. The molecule has 0 aliphatic carbocycles. The molecule has 2 aromatic heterocycles. The van der Waals surface area contributed by atoms with Crippen molar-refractivity contribution in [1.29, 1.82) is 0 Å². The summed E-state index contributed by atoms with van der Waals surface area (Å²) in [6, 6.07) is 7.01. The van der Waals surface area contributed by atoms with Gasteiger partial charge in [0.05, 0.1) is 17.5 Å². The molecule has 9 heteroatoms. The van der Waals surface area contributed by atoms with Crippen molar-refractivity contribution in [3.63, 3.8) is 0 Å². The van der Waals surface area contributed by atoms with Crippen molar-refractivity contribution < 1.29 is 4.79 Å². The number of thioether (sulfide) groups is 1. The molecule has 0 aliphatic heterocycles. The van der Waals surface area contributed by atoms with Crippen molar-refractivity contribution in [3.05, 3.63) is 41.7 Å². The second-order valence-corrected chi connectivity index (χ2v) is 6.86. The van der Waals surface area contributed by atoms with Crippen LogP contribution in [0.15, 0.2) is 41.8 Å². The number of aryl methyl sites for hydroxylation is 1. The van der Waals surface area contributed by atoms with Crippen LogP contribution in [-0.4, -0.2) is 36.2 Å². The molecule has 0 unspecified atom stereocenters. The number of carbonyl (C=O) groups is 1. The highest BCUT2D eigenvalue weighted by molar-refractivity contribution is 7.99. The fourth-order valence-corrected chi connectivity index (χ4v) is 3.33. The normalized spacial score (nSPS) is 10.9. The standard InChI is InChI=1S/C17H19ClN6OS/c1-3-23-10-12(9-19-23)16-21-22-17(24(16)4-2)26-11-15(25)20-14-7-5-13(18)6-8-14/h5-10H,3-4,11H2,1-2H3,(H,20,25). The predicted octanol–water partition coefficient (Wildman–Crippen LogP) is 3.57. The quantitative estimate of drug-likeness (QED) is 0.624. The topological polar surface area (TPSA) is 77.6 Å². The Morgan fingerprint density at radius 2 is 1.96 bits per heavy atom. The maximum atomic E-state index is 12.2. The first kappa shape index (κ1) is 18.5. The number of nitrogens with one attached hydrogen (secondary N) is 1. The van der Waals surface area contributed by atoms with E-state index in [4.69, 9.17) is 11.6 Å². The number of benzene rings is 1. The SMILES string of the molecule is CCn1cc(-c2nnc(SCC(=O)Nc3ccc(Cl)cc3)n2CC)cn1. The number of nitrogens with zero attached hydrogens (tertiary/aromatic N) is 5. The number of halogens is 1. The Labute approximate surface area is 160 Å². The van der Waals surface area contributed by atoms with Crippen molar-refractivity contribution in [2.24, 2.45) is 0 Å². The molecule has 2 heterocycles. The molecule has 0 fully saturated rings. The van der Waals surface area contributed by atoms with Crippen LogP contribution in [0.3, 0.4) is 0 Å². The van der Waals surface area contributed by atoms with E-state index in [0.29, 0.717) is 22.4 Å². The van der Waals surface area contributed by atoms with Crippen molar-refractivity contribution in [1.82, 2.24) is 24.5 Å². The number of amides is 1. The van der Waals surface area contributed by atoms with E-state index in [0.717, 1.165) is 17.9 Å². The van der Waals surface area contributed by atoms with Gasteiger partial charge in [0.1, 0.15) is 0 Å². The second kappa shape index (κ2) is 8.37. The zero-order chi connectivity index (χ0) is 18.5. The lowest BCUT2D eigenvalue weighted by Gasteiger charge is -2.07. The van der Waals surface area contributed by atoms with Gasteiger partial charge in [0.15, 0.2) is 11.0 Å². The highest BCUT2D eigenvalue weighted by atomic mass is 35.5. The predicted molar refractivity (Wildman–Crippen MR) is 103 cm³/mol. The summed E-state index contributed by atoms with van der Waals surface area (Å²) in [5.41, 5.74) is 1.63. The average molecular weight is 391 g/mol. The first-order valence-electron chi connectivity index (χ1n) is 8.25. The van der Waals surface area contributed by atoms with Crippen molar-refractivity contribution in [2.45, 2.75) is 32.1 Å². The summed E-state index contributed by atoms with van der Waals surface area (Å²) < 4.78 is 3.83. The Morgan fingerprint density at radius 3 is 2.62 bits per heavy atom. The van der Waals surface area contributed by atoms with Crippen LogP contribution in [0.25, 0.3) is 11.4 Å². The molecule has 0 atom stereocenters. The van der Waals surface area contributed by atoms with E-state index in [-0.39, 0.29) is 11.7 Å². The van der Waals surface area contributed by atoms with Gasteiger partial charge in [-0.2, -0.15) is 5.10 Å². The largest absolute Gasteiger partial charge is 0.325 e. The molecule has 3 aromatic rings. The lowest BCUT2D eigenvalue weighted by Crippen LogP contribution is -2.14. The molecule has 1 aromatic carbocycles. The van der Waals surface area contributed by atoms with E-state index in [1.807, 2.05) is 29.3 Å². The van der Waals surface area contributed by atoms with E-state index >= 15 is 0 Å². The van der Waals surface area contributed by atoms with E-state index in [9.17, 15) is 4.79 Å². The molecule has 0 aliphatic rings. The van der Waals surface area contributed by atoms with Crippen LogP contribution in [0.2, 0.25) is 5.02 Å². The van der Waals surface area contributed by atoms with Crippen LogP contribution in [0.5, 0.6) is 0 Å². The fourth-order valence-electron chi connectivity index (χ4n) is 2.41. The lowest BCUT2D eigenvalue weighted by molar-refractivity contribution is -0.113. The summed E-state index contributed by atoms with van der Waals surface area (Å²) in [7, 11) is 0. The summed E-state index contributed by atoms with van der Waals surface area (Å²) in [6.45, 7) is 5.56. The average Bonchev–Trinajstić information content (AvgIpc) is 3.27. The Bertz CT molecular complexity index is 889. The molecule has 0 bridgehead atoms. The minimum atomic E-state index is -0.108. The number of hydrogen-bond donors (Lipinski definition) is 1. The van der Waals surface area contributed by atoms with Crippen LogP contribution in [-0.2, 0) is 17.9 Å². The Morgan fingerprint density at radius 1 is 1.19 bits per heavy atom. The molecular weight excluding hydrogens is 372 g/mol. The third-order valence-electron chi connectivity index (χ3n) is 3.71. The zero-order valence-corrected chi connectivity index (χ0v) is 16.1. The number of aromatic nitrogens is 5. The van der Waals surface area contributed by atoms with Crippen molar-refractivity contribution in [2.75, 3.05) is 11.1 Å². The number of rotatable bonds is 7. The van der Waals surface area contributed by atoms with Gasteiger partial charge in [0.2, 0.25) is 5.91 Å². The molecule has 0 saturated heterocycles. The Balaban J connectivity index is 1.66. The van der Waals surface area contributed by atoms with Gasteiger partial charge >= 0.3 is 0 Å². The zero-order valence-electron chi connectivity index (χ0n) is 14.5. The van der Waals surface area contributed by atoms with Crippen molar-refractivity contribution >= 4 is 35.0 Å². The van der Waals surface area contributed by atoms with Crippen LogP contribution >= 0.6 is 23.4 Å². The minimum Gasteiger partial charge on any atom is -0.325 e. The van der Waals surface area contributed by atoms with Crippen LogP contribution in [0, 0.1) is 0 Å². The van der Waals surface area contributed by atoms with E-state index < -0.39 is 0 Å². The maximum Gasteiger partial charge on any atom is 0.234 e. The highest BCUT2D eigenvalue weighted by Gasteiger charge is 2.16. The summed E-state index contributed by atoms with van der Waals surface area (Å²) in [6.07, 6.45) is 3.72. The number of anilines is 1. The first-order valence-corrected chi connectivity index (χ1v) is 9.61. The van der Waals surface area contributed by atoms with Crippen LogP contribution < -0.4 is 5.32 Å². The third-order valence-corrected chi connectivity index (χ3v) is 4.93. The van der Waals surface area contributed by atoms with E-state index in [1.54, 1.807) is 30.5 Å². The molecule has 3 rings (SSSR count). The van der Waals surface area contributed by atoms with Gasteiger partial charge in [0.25, 0.3) is 0 Å². The molecule has 0 saturated carbocycles. The van der Waals surface area contributed by atoms with Gasteiger partial charge in [0, 0.05) is 30.0 Å². The third kappa shape index (κ3) is 4.25. The molecule has 0 radical (unpaired) electrons. The molecule has 136 valence electrons. The molecule has 0 spiro atoms.